The van der Waals surface area contributed by atoms with Crippen molar-refractivity contribution in [3.05, 3.63) is 65.9 Å². The molecule has 0 spiro atoms. The van der Waals surface area contributed by atoms with Crippen LogP contribution in [0.25, 0.3) is 11.3 Å². The third kappa shape index (κ3) is 6.09. The number of nitrogens with zero attached hydrogens (tertiary/aromatic N) is 3. The predicted molar refractivity (Wildman–Crippen MR) is 126 cm³/mol. The summed E-state index contributed by atoms with van der Waals surface area (Å²) < 4.78 is 33.8. The number of carbonyl (C=O) groups is 2. The van der Waals surface area contributed by atoms with Crippen LogP contribution in [-0.2, 0) is 4.79 Å². The molecule has 3 heterocycles. The summed E-state index contributed by atoms with van der Waals surface area (Å²) in [4.78, 5) is 21.7. The maximum Gasteiger partial charge on any atom is 0.490 e. The van der Waals surface area contributed by atoms with Crippen LogP contribution in [0.2, 0.25) is 0 Å². The Morgan fingerprint density at radius 2 is 1.72 bits per heavy atom. The number of halogens is 3. The highest BCUT2D eigenvalue weighted by Gasteiger charge is 2.38. The lowest BCUT2D eigenvalue weighted by Gasteiger charge is -2.28. The molecule has 5 rings (SSSR count). The Kier molecular flexibility index (Phi) is 7.39. The van der Waals surface area contributed by atoms with Crippen LogP contribution >= 0.6 is 0 Å². The molecule has 0 aliphatic carbocycles. The number of hydrogen-bond acceptors (Lipinski definition) is 5. The first-order valence-corrected chi connectivity index (χ1v) is 11.6. The lowest BCUT2D eigenvalue weighted by atomic mass is 10.00. The predicted octanol–water partition coefficient (Wildman–Crippen LogP) is 4.59. The molecule has 2 saturated heterocycles. The summed E-state index contributed by atoms with van der Waals surface area (Å²) in [6.07, 6.45) is 1.69. The third-order valence-electron chi connectivity index (χ3n) is 6.38. The number of benzene rings is 2. The first-order chi connectivity index (χ1) is 17.1. The van der Waals surface area contributed by atoms with E-state index < -0.39 is 12.1 Å². The van der Waals surface area contributed by atoms with E-state index in [0.717, 1.165) is 35.3 Å². The standard InChI is InChI=1S/C23H25N5O.C2HF3O2/c1-15-7-8-16(11-21(15)23(29)25-17-5-3-2-4-6-17)22-14-28(27-26-22)20-12-18-9-10-19(13-20)24-18;3-2(4,5)1(6)7/h2-8,11,14,18-20,24H,9-10,12-13H2,1H3,(H,25,29);(H,6,7). The topological polar surface area (TPSA) is 109 Å². The van der Waals surface area contributed by atoms with E-state index in [0.29, 0.717) is 23.7 Å². The van der Waals surface area contributed by atoms with Gasteiger partial charge in [0.1, 0.15) is 5.69 Å². The SMILES string of the molecule is Cc1ccc(-c2cn(C3CC4CCC(C3)N4)nn2)cc1C(=O)Nc1ccccc1.O=C(O)C(F)(F)F. The average Bonchev–Trinajstić information content (AvgIpc) is 3.46. The molecule has 0 radical (unpaired) electrons. The number of amides is 1. The number of fused-ring (bicyclic) bond motifs is 2. The van der Waals surface area contributed by atoms with Gasteiger partial charge in [-0.3, -0.25) is 4.79 Å². The highest BCUT2D eigenvalue weighted by molar-refractivity contribution is 6.05. The summed E-state index contributed by atoms with van der Waals surface area (Å²) >= 11 is 0. The molecule has 36 heavy (non-hydrogen) atoms. The van der Waals surface area contributed by atoms with Crippen molar-refractivity contribution in [1.82, 2.24) is 20.3 Å². The van der Waals surface area contributed by atoms with E-state index in [4.69, 9.17) is 9.90 Å². The van der Waals surface area contributed by atoms with Gasteiger partial charge in [-0.2, -0.15) is 13.2 Å². The molecule has 2 aliphatic rings. The van der Waals surface area contributed by atoms with Crippen molar-refractivity contribution in [2.45, 2.75) is 56.9 Å². The third-order valence-corrected chi connectivity index (χ3v) is 6.38. The molecule has 2 unspecified atom stereocenters. The lowest BCUT2D eigenvalue weighted by molar-refractivity contribution is -0.192. The van der Waals surface area contributed by atoms with Crippen LogP contribution in [0.5, 0.6) is 0 Å². The van der Waals surface area contributed by atoms with E-state index in [9.17, 15) is 18.0 Å². The number of alkyl halides is 3. The molecule has 2 aromatic carbocycles. The maximum absolute atomic E-state index is 12.8. The van der Waals surface area contributed by atoms with Crippen LogP contribution in [0.15, 0.2) is 54.7 Å². The van der Waals surface area contributed by atoms with E-state index in [1.54, 1.807) is 0 Å². The summed E-state index contributed by atoms with van der Waals surface area (Å²) in [5.41, 5.74) is 4.10. The number of carboxylic acids is 1. The number of carbonyl (C=O) groups excluding carboxylic acids is 1. The molecule has 2 aliphatic heterocycles. The molecule has 2 fully saturated rings. The largest absolute Gasteiger partial charge is 0.490 e. The van der Waals surface area contributed by atoms with Gasteiger partial charge in [0.15, 0.2) is 0 Å². The van der Waals surface area contributed by atoms with Crippen LogP contribution in [0.4, 0.5) is 18.9 Å². The van der Waals surface area contributed by atoms with Gasteiger partial charge in [-0.25, -0.2) is 9.48 Å². The van der Waals surface area contributed by atoms with Crippen LogP contribution in [0.3, 0.4) is 0 Å². The van der Waals surface area contributed by atoms with Gasteiger partial charge in [-0.1, -0.05) is 35.5 Å². The second kappa shape index (κ2) is 10.5. The van der Waals surface area contributed by atoms with Gasteiger partial charge in [-0.05, 0) is 56.4 Å². The minimum Gasteiger partial charge on any atom is -0.475 e. The number of nitrogens with one attached hydrogen (secondary N) is 2. The number of aryl methyl sites for hydroxylation is 1. The van der Waals surface area contributed by atoms with Crippen LogP contribution in [0, 0.1) is 6.92 Å². The smallest absolute Gasteiger partial charge is 0.475 e. The first-order valence-electron chi connectivity index (χ1n) is 11.6. The number of carboxylic acid groups (broad SMARTS) is 1. The fraction of sp³-hybridized carbons (Fsp3) is 0.360. The highest BCUT2D eigenvalue weighted by atomic mass is 19.4. The molecule has 2 atom stereocenters. The van der Waals surface area contributed by atoms with Gasteiger partial charge in [-0.15, -0.1) is 5.10 Å². The Morgan fingerprint density at radius 1 is 1.08 bits per heavy atom. The summed E-state index contributed by atoms with van der Waals surface area (Å²) in [5, 5.41) is 22.6. The van der Waals surface area contributed by atoms with Gasteiger partial charge < -0.3 is 15.7 Å². The molecule has 3 aromatic rings. The number of anilines is 1. The number of aromatic nitrogens is 3. The van der Waals surface area contributed by atoms with Crippen LogP contribution < -0.4 is 10.6 Å². The number of piperidine rings is 1. The molecule has 11 heteroatoms. The lowest BCUT2D eigenvalue weighted by Crippen LogP contribution is -2.39. The van der Waals surface area contributed by atoms with Crippen molar-refractivity contribution < 1.29 is 27.9 Å². The molecule has 0 saturated carbocycles. The summed E-state index contributed by atoms with van der Waals surface area (Å²) in [6, 6.07) is 17.0. The van der Waals surface area contributed by atoms with Gasteiger partial charge in [0.05, 0.1) is 12.2 Å². The number of hydrogen-bond donors (Lipinski definition) is 3. The van der Waals surface area contributed by atoms with Crippen LogP contribution in [-0.4, -0.2) is 50.2 Å². The molecule has 8 nitrogen and oxygen atoms in total. The number of para-hydroxylation sites is 1. The molecular formula is C25H26F3N5O3. The van der Waals surface area contributed by atoms with Crippen molar-refractivity contribution in [2.75, 3.05) is 5.32 Å². The molecule has 1 aromatic heterocycles. The summed E-state index contributed by atoms with van der Waals surface area (Å²) in [7, 11) is 0. The number of rotatable bonds is 4. The van der Waals surface area contributed by atoms with E-state index in [1.807, 2.05) is 66.3 Å². The van der Waals surface area contributed by atoms with Gasteiger partial charge in [0.25, 0.3) is 5.91 Å². The zero-order valence-corrected chi connectivity index (χ0v) is 19.5. The minimum atomic E-state index is -5.08. The Labute approximate surface area is 205 Å². The fourth-order valence-corrected chi connectivity index (χ4v) is 4.58. The Balaban J connectivity index is 0.000000384. The average molecular weight is 502 g/mol. The van der Waals surface area contributed by atoms with Gasteiger partial charge in [0, 0.05) is 28.9 Å². The van der Waals surface area contributed by atoms with Gasteiger partial charge in [0.2, 0.25) is 0 Å². The van der Waals surface area contributed by atoms with Gasteiger partial charge >= 0.3 is 12.1 Å². The molecule has 1 amide bonds. The quantitative estimate of drug-likeness (QED) is 0.482. The van der Waals surface area contributed by atoms with Crippen molar-refractivity contribution in [1.29, 1.82) is 0 Å². The summed E-state index contributed by atoms with van der Waals surface area (Å²) in [5.74, 6) is -2.87. The zero-order chi connectivity index (χ0) is 25.9. The maximum atomic E-state index is 12.8. The molecule has 190 valence electrons. The van der Waals surface area contributed by atoms with Crippen molar-refractivity contribution in [3.63, 3.8) is 0 Å². The Morgan fingerprint density at radius 3 is 2.33 bits per heavy atom. The second-order valence-corrected chi connectivity index (χ2v) is 9.00. The normalized spacial score (nSPS) is 20.8. The zero-order valence-electron chi connectivity index (χ0n) is 19.5. The highest BCUT2D eigenvalue weighted by Crippen LogP contribution is 2.34. The van der Waals surface area contributed by atoms with E-state index >= 15 is 0 Å². The Hall–Kier alpha value is -3.73. The first kappa shape index (κ1) is 25.4. The molecular weight excluding hydrogens is 475 g/mol. The van der Waals surface area contributed by atoms with Crippen molar-refractivity contribution in [2.24, 2.45) is 0 Å². The van der Waals surface area contributed by atoms with Crippen molar-refractivity contribution in [3.8, 4) is 11.3 Å². The Bertz CT molecular complexity index is 1220. The number of aliphatic carboxylic acids is 1. The molecule has 3 N–H and O–H groups in total. The minimum absolute atomic E-state index is 0.113. The van der Waals surface area contributed by atoms with E-state index in [2.05, 4.69) is 20.9 Å². The monoisotopic (exact) mass is 501 g/mol. The van der Waals surface area contributed by atoms with Crippen molar-refractivity contribution >= 4 is 17.6 Å². The van der Waals surface area contributed by atoms with E-state index in [1.165, 1.54) is 12.8 Å². The van der Waals surface area contributed by atoms with E-state index in [-0.39, 0.29) is 5.91 Å². The van der Waals surface area contributed by atoms with Crippen LogP contribution in [0.1, 0.15) is 47.6 Å². The second-order valence-electron chi connectivity index (χ2n) is 9.00. The fourth-order valence-electron chi connectivity index (χ4n) is 4.58. The molecule has 2 bridgehead atoms. The summed E-state index contributed by atoms with van der Waals surface area (Å²) in [6.45, 7) is 1.95.